The van der Waals surface area contributed by atoms with Crippen LogP contribution in [0.1, 0.15) is 24.2 Å². The minimum atomic E-state index is -1.61. The number of rotatable bonds is 21. The van der Waals surface area contributed by atoms with Gasteiger partial charge in [0.1, 0.15) is 0 Å². The van der Waals surface area contributed by atoms with E-state index in [9.17, 15) is 24.6 Å². The number of pyridine rings is 1. The molecule has 0 saturated carbocycles. The Kier molecular flexibility index (Phi) is 17.3. The van der Waals surface area contributed by atoms with Gasteiger partial charge < -0.3 is 24.6 Å². The molecule has 6 aromatic rings. The van der Waals surface area contributed by atoms with Crippen molar-refractivity contribution in [1.82, 2.24) is 9.88 Å². The molecule has 2 aromatic heterocycles. The van der Waals surface area contributed by atoms with Crippen LogP contribution in [-0.2, 0) is 20.8 Å². The van der Waals surface area contributed by atoms with Crippen molar-refractivity contribution in [2.75, 3.05) is 94.9 Å². The van der Waals surface area contributed by atoms with Gasteiger partial charge in [0.15, 0.2) is 0 Å². The molecule has 3 heterocycles. The summed E-state index contributed by atoms with van der Waals surface area (Å²) in [5.41, 5.74) is 1.15. The fourth-order valence-corrected chi connectivity index (χ4v) is 22.9. The van der Waals surface area contributed by atoms with Crippen molar-refractivity contribution in [3.8, 4) is 11.8 Å². The van der Waals surface area contributed by atoms with Crippen LogP contribution < -0.4 is 36.2 Å². The van der Waals surface area contributed by atoms with Crippen molar-refractivity contribution in [2.24, 2.45) is 9.98 Å². The summed E-state index contributed by atoms with van der Waals surface area (Å²) in [6.07, 6.45) is -0.613. The van der Waals surface area contributed by atoms with Gasteiger partial charge in [0.2, 0.25) is 0 Å². The fraction of sp³-hybridized carbons (Fsp3) is 0.370. The summed E-state index contributed by atoms with van der Waals surface area (Å²) in [6.45, 7) is 7.47. The van der Waals surface area contributed by atoms with E-state index in [0.29, 0.717) is 75.2 Å². The Morgan fingerprint density at radius 3 is 2.14 bits per heavy atom. The Labute approximate surface area is 391 Å². The number of nitrogens with one attached hydrogen (secondary N) is 2. The molecule has 1 aliphatic heterocycles. The SMILES string of the molecule is CCN(CC)c1ccc2cc(C(=O)Nc3ccc([As]4SCC(COC(=O)NCCn5c(O)c6ccc(=NCCOCCO)c7c(=NCCOCCO)ccc(c5O)c67)S4)cc3)c(=O)oc2c1. The topological polar surface area (TPSA) is 230 Å². The van der Waals surface area contributed by atoms with Gasteiger partial charge in [-0.2, -0.15) is 0 Å². The summed E-state index contributed by atoms with van der Waals surface area (Å²) in [6, 6.07) is 21.8. The van der Waals surface area contributed by atoms with Crippen LogP contribution in [0.4, 0.5) is 16.2 Å². The van der Waals surface area contributed by atoms with Gasteiger partial charge in [0.05, 0.1) is 63.4 Å². The molecule has 66 heavy (non-hydrogen) atoms. The molecule has 4 aromatic carbocycles. The van der Waals surface area contributed by atoms with Crippen LogP contribution >= 0.6 is 20.0 Å². The summed E-state index contributed by atoms with van der Waals surface area (Å²) >= 11 is -1.61. The van der Waals surface area contributed by atoms with Crippen molar-refractivity contribution >= 4 is 92.6 Å². The van der Waals surface area contributed by atoms with Crippen LogP contribution in [0.25, 0.3) is 32.5 Å². The zero-order valence-corrected chi connectivity index (χ0v) is 40.1. The molecule has 6 N–H and O–H groups in total. The number of amides is 2. The normalized spacial score (nSPS) is 15.6. The molecule has 0 spiro atoms. The number of carbonyl (C=O) groups excluding carboxylic acids is 2. The van der Waals surface area contributed by atoms with E-state index in [1.807, 2.05) is 62.5 Å². The van der Waals surface area contributed by atoms with Crippen molar-refractivity contribution < 1.29 is 48.6 Å². The van der Waals surface area contributed by atoms with E-state index in [1.54, 1.807) is 30.3 Å². The maximum atomic E-state index is 13.2. The van der Waals surface area contributed by atoms with Gasteiger partial charge in [-0.05, 0) is 26.0 Å². The van der Waals surface area contributed by atoms with Crippen molar-refractivity contribution in [3.05, 3.63) is 99.5 Å². The zero-order valence-electron chi connectivity index (χ0n) is 36.6. The summed E-state index contributed by atoms with van der Waals surface area (Å²) < 4.78 is 24.4. The van der Waals surface area contributed by atoms with E-state index in [0.717, 1.165) is 24.5 Å². The molecular weight excluding hydrogens is 952 g/mol. The molecule has 17 nitrogen and oxygen atoms in total. The Hall–Kier alpha value is -5.27. The second-order valence-electron chi connectivity index (χ2n) is 14.9. The van der Waals surface area contributed by atoms with Crippen LogP contribution in [0.15, 0.2) is 92.0 Å². The first kappa shape index (κ1) is 48.7. The Balaban J connectivity index is 0.926. The number of hydrogen-bond acceptors (Lipinski definition) is 16. The van der Waals surface area contributed by atoms with Crippen LogP contribution in [0, 0.1) is 0 Å². The van der Waals surface area contributed by atoms with Gasteiger partial charge in [-0.25, -0.2) is 0 Å². The summed E-state index contributed by atoms with van der Waals surface area (Å²) in [4.78, 5) is 50.3. The molecule has 0 bridgehead atoms. The van der Waals surface area contributed by atoms with Gasteiger partial charge in [0.25, 0.3) is 0 Å². The number of benzene rings is 4. The Morgan fingerprint density at radius 2 is 1.52 bits per heavy atom. The van der Waals surface area contributed by atoms with Gasteiger partial charge in [-0.15, -0.1) is 0 Å². The van der Waals surface area contributed by atoms with E-state index >= 15 is 0 Å². The van der Waals surface area contributed by atoms with Crippen molar-refractivity contribution in [3.63, 3.8) is 0 Å². The first-order chi connectivity index (χ1) is 32.1. The second kappa shape index (κ2) is 23.4. The van der Waals surface area contributed by atoms with Crippen LogP contribution in [-0.4, -0.2) is 139 Å². The molecule has 0 radical (unpaired) electrons. The number of aromatic nitrogens is 1. The maximum absolute atomic E-state index is 13.2. The predicted molar refractivity (Wildman–Crippen MR) is 260 cm³/mol. The van der Waals surface area contributed by atoms with Gasteiger partial charge in [-0.1, -0.05) is 0 Å². The number of carbonyl (C=O) groups is 2. The van der Waals surface area contributed by atoms with E-state index in [2.05, 4.69) is 29.4 Å². The van der Waals surface area contributed by atoms with Gasteiger partial charge in [0, 0.05) is 18.5 Å². The van der Waals surface area contributed by atoms with Gasteiger partial charge in [-0.3, -0.25) is 9.98 Å². The molecule has 2 amide bonds. The molecule has 1 fully saturated rings. The number of anilines is 2. The van der Waals surface area contributed by atoms with Crippen LogP contribution in [0.2, 0.25) is 0 Å². The van der Waals surface area contributed by atoms with Crippen LogP contribution in [0.5, 0.6) is 11.8 Å². The molecular formula is C46H53AsN6O11S2. The fourth-order valence-electron chi connectivity index (χ4n) is 7.45. The number of aliphatic hydroxyl groups excluding tert-OH is 2. The number of nitrogens with zero attached hydrogens (tertiary/aromatic N) is 4. The number of fused-ring (bicyclic) bond motifs is 1. The first-order valence-corrected chi connectivity index (χ1v) is 28.9. The van der Waals surface area contributed by atoms with Crippen LogP contribution in [0.3, 0.4) is 0 Å². The molecule has 2 atom stereocenters. The molecule has 0 aliphatic carbocycles. The quantitative estimate of drug-likeness (QED) is 0.0344. The Morgan fingerprint density at radius 1 is 0.864 bits per heavy atom. The van der Waals surface area contributed by atoms with Gasteiger partial charge >= 0.3 is 251 Å². The predicted octanol–water partition coefficient (Wildman–Crippen LogP) is 3.64. The number of aliphatic hydroxyl groups is 2. The molecule has 20 heteroatoms. The summed E-state index contributed by atoms with van der Waals surface area (Å²) in [5.74, 6) is -0.134. The first-order valence-electron chi connectivity index (χ1n) is 21.6. The van der Waals surface area contributed by atoms with E-state index in [4.69, 9.17) is 38.8 Å². The number of aromatic hydroxyl groups is 2. The monoisotopic (exact) mass is 1000 g/mol. The third-order valence-electron chi connectivity index (χ3n) is 10.7. The molecule has 7 rings (SSSR count). The Bertz CT molecular complexity index is 2760. The summed E-state index contributed by atoms with van der Waals surface area (Å²) in [7, 11) is 3.69. The average Bonchev–Trinajstić information content (AvgIpc) is 3.81. The second-order valence-corrected chi connectivity index (χ2v) is 26.5. The number of alkyl carbamates (subject to hydrolysis) is 1. The van der Waals surface area contributed by atoms with E-state index in [-0.39, 0.29) is 68.7 Å². The standard InChI is InChI=1S/C46H53AsN6O11S2/c1-3-52(4-2)32-10-5-29-25-36(45(59)64-39(29)26-32)42(56)51-31-8-6-30(7-9-31)47-65-28-33(66-47)27-63-46(60)50-15-18-53-43(57)34-11-13-37(48-16-21-61-23-19-54)41-38(49-17-22-62-24-20-55)14-12-35(40(34)41)44(53)58/h5-14,25-26,33,54-55,57-58H,3-4,15-24,27-28H2,1-2H3,(H,50,60)(H,51,56). The summed E-state index contributed by atoms with van der Waals surface area (Å²) in [5, 5.41) is 50.6. The van der Waals surface area contributed by atoms with Crippen molar-refractivity contribution in [1.29, 1.82) is 0 Å². The number of ether oxygens (including phenoxy) is 3. The molecule has 1 aliphatic rings. The zero-order chi connectivity index (χ0) is 46.6. The van der Waals surface area contributed by atoms with E-state index < -0.39 is 30.0 Å². The van der Waals surface area contributed by atoms with Crippen molar-refractivity contribution in [2.45, 2.75) is 25.6 Å². The number of hydrogen-bond donors (Lipinski definition) is 6. The average molecular weight is 1010 g/mol. The molecule has 350 valence electrons. The van der Waals surface area contributed by atoms with E-state index in [1.165, 1.54) is 8.92 Å². The third kappa shape index (κ3) is 11.6. The minimum absolute atomic E-state index is 0.0454. The molecule has 2 unspecified atom stereocenters. The third-order valence-corrected chi connectivity index (χ3v) is 24.6. The molecule has 1 saturated heterocycles.